The van der Waals surface area contributed by atoms with Gasteiger partial charge in [-0.3, -0.25) is 4.79 Å². The van der Waals surface area contributed by atoms with Crippen molar-refractivity contribution in [3.05, 3.63) is 40.9 Å². The molecule has 14 heteroatoms. The van der Waals surface area contributed by atoms with Crippen molar-refractivity contribution in [3.63, 3.8) is 0 Å². The van der Waals surface area contributed by atoms with E-state index in [2.05, 4.69) is 20.3 Å². The summed E-state index contributed by atoms with van der Waals surface area (Å²) in [6.45, 7) is -0.592. The summed E-state index contributed by atoms with van der Waals surface area (Å²) in [7, 11) is 3.14. The zero-order chi connectivity index (χ0) is 25.3. The molecule has 35 heavy (non-hydrogen) atoms. The van der Waals surface area contributed by atoms with Crippen LogP contribution in [-0.4, -0.2) is 95.7 Å². The van der Waals surface area contributed by atoms with Crippen LogP contribution in [-0.2, 0) is 4.79 Å². The van der Waals surface area contributed by atoms with Crippen molar-refractivity contribution >= 4 is 35.2 Å². The second kappa shape index (κ2) is 9.72. The summed E-state index contributed by atoms with van der Waals surface area (Å²) in [5.74, 6) is 0.420. The molecule has 0 bridgehead atoms. The maximum absolute atomic E-state index is 12.8. The highest BCUT2D eigenvalue weighted by atomic mass is 35.5. The van der Waals surface area contributed by atoms with Crippen LogP contribution in [0.3, 0.4) is 0 Å². The van der Waals surface area contributed by atoms with Crippen molar-refractivity contribution in [3.8, 4) is 0 Å². The number of fused-ring (bicyclic) bond motifs is 1. The smallest absolute Gasteiger partial charge is 0.369 e. The van der Waals surface area contributed by atoms with Gasteiger partial charge in [0.15, 0.2) is 0 Å². The number of halogens is 4. The van der Waals surface area contributed by atoms with E-state index in [9.17, 15) is 22.8 Å². The Morgan fingerprint density at radius 1 is 1.29 bits per heavy atom. The molecule has 4 rings (SSSR count). The molecule has 2 aliphatic rings. The number of rotatable bonds is 4. The molecule has 2 atom stereocenters. The van der Waals surface area contributed by atoms with E-state index < -0.39 is 24.7 Å². The van der Waals surface area contributed by atoms with Crippen LogP contribution in [0.4, 0.5) is 29.6 Å². The van der Waals surface area contributed by atoms with Crippen LogP contribution < -0.4 is 15.5 Å². The van der Waals surface area contributed by atoms with Crippen LogP contribution >= 0.6 is 11.6 Å². The SMILES string of the molecule is CN(C)C(=O)N1CCN(c2ccnc(C3CNc4ncc(Cl)cc43)n2)[C@@H](C(=O)NCC(F)(F)F)C1. The summed E-state index contributed by atoms with van der Waals surface area (Å²) in [6.07, 6.45) is -1.49. The summed E-state index contributed by atoms with van der Waals surface area (Å²) in [6, 6.07) is 1.97. The Balaban J connectivity index is 1.61. The molecule has 2 N–H and O–H groups in total. The van der Waals surface area contributed by atoms with Crippen LogP contribution in [0.2, 0.25) is 5.02 Å². The highest BCUT2D eigenvalue weighted by Gasteiger charge is 2.38. The Hall–Kier alpha value is -3.35. The van der Waals surface area contributed by atoms with Gasteiger partial charge in [-0.1, -0.05) is 11.6 Å². The molecule has 0 saturated carbocycles. The van der Waals surface area contributed by atoms with E-state index in [-0.39, 0.29) is 31.6 Å². The van der Waals surface area contributed by atoms with Crippen LogP contribution in [0.5, 0.6) is 0 Å². The summed E-state index contributed by atoms with van der Waals surface area (Å²) in [4.78, 5) is 43.0. The molecule has 1 unspecified atom stereocenters. The number of piperazine rings is 1. The fourth-order valence-corrected chi connectivity index (χ4v) is 4.31. The van der Waals surface area contributed by atoms with E-state index in [1.165, 1.54) is 22.2 Å². The molecule has 1 fully saturated rings. The minimum atomic E-state index is -4.56. The number of anilines is 2. The summed E-state index contributed by atoms with van der Waals surface area (Å²) >= 11 is 6.11. The number of hydrogen-bond acceptors (Lipinski definition) is 7. The molecule has 2 aliphatic heterocycles. The molecule has 0 aliphatic carbocycles. The molecule has 0 spiro atoms. The van der Waals surface area contributed by atoms with Crippen LogP contribution in [0.25, 0.3) is 0 Å². The van der Waals surface area contributed by atoms with Gasteiger partial charge in [-0.05, 0) is 12.1 Å². The number of alkyl halides is 3. The Morgan fingerprint density at radius 2 is 2.06 bits per heavy atom. The quantitative estimate of drug-likeness (QED) is 0.644. The Morgan fingerprint density at radius 3 is 2.77 bits per heavy atom. The number of urea groups is 1. The van der Waals surface area contributed by atoms with Gasteiger partial charge >= 0.3 is 12.2 Å². The van der Waals surface area contributed by atoms with Gasteiger partial charge in [0.1, 0.15) is 30.0 Å². The summed E-state index contributed by atoms with van der Waals surface area (Å²) < 4.78 is 38.2. The van der Waals surface area contributed by atoms with Crippen LogP contribution in [0.15, 0.2) is 24.5 Å². The highest BCUT2D eigenvalue weighted by Crippen LogP contribution is 2.35. The minimum absolute atomic E-state index is 0.0899. The molecule has 0 aromatic carbocycles. The van der Waals surface area contributed by atoms with E-state index in [1.54, 1.807) is 31.1 Å². The van der Waals surface area contributed by atoms with E-state index in [4.69, 9.17) is 11.6 Å². The predicted octanol–water partition coefficient (Wildman–Crippen LogP) is 1.93. The molecule has 1 saturated heterocycles. The normalized spacial score (nSPS) is 19.7. The van der Waals surface area contributed by atoms with Gasteiger partial charge in [-0.15, -0.1) is 0 Å². The zero-order valence-electron chi connectivity index (χ0n) is 19.0. The molecule has 188 valence electrons. The van der Waals surface area contributed by atoms with Gasteiger partial charge < -0.3 is 25.3 Å². The Kier molecular flexibility index (Phi) is 6.88. The number of carbonyl (C=O) groups is 2. The molecule has 2 aromatic rings. The van der Waals surface area contributed by atoms with E-state index in [1.807, 2.05) is 5.32 Å². The standard InChI is InChI=1S/C21H24ClF3N8O2/c1-31(2)20(35)32-5-6-33(15(10-32)19(34)29-11-21(23,24)25)16-3-4-26-18(30-16)14-9-28-17-13(14)7-12(22)8-27-17/h3-4,7-8,14-15H,5-6,9-11H2,1-2H3,(H,27,28)(H,29,34)/t14?,15-/m1/s1. The molecule has 10 nitrogen and oxygen atoms in total. The maximum atomic E-state index is 12.8. The van der Waals surface area contributed by atoms with E-state index >= 15 is 0 Å². The fourth-order valence-electron chi connectivity index (χ4n) is 4.14. The number of carbonyl (C=O) groups excluding carboxylic acids is 2. The lowest BCUT2D eigenvalue weighted by atomic mass is 10.0. The number of pyridine rings is 1. The summed E-state index contributed by atoms with van der Waals surface area (Å²) in [5.41, 5.74) is 0.829. The molecule has 3 amide bonds. The number of aromatic nitrogens is 3. The topological polar surface area (TPSA) is 107 Å². The van der Waals surface area contributed by atoms with Gasteiger partial charge in [0.05, 0.1) is 17.5 Å². The first-order valence-corrected chi connectivity index (χ1v) is 11.2. The third-order valence-electron chi connectivity index (χ3n) is 5.80. The van der Waals surface area contributed by atoms with Crippen LogP contribution in [0, 0.1) is 0 Å². The van der Waals surface area contributed by atoms with E-state index in [0.29, 0.717) is 29.0 Å². The highest BCUT2D eigenvalue weighted by molar-refractivity contribution is 6.30. The monoisotopic (exact) mass is 512 g/mol. The van der Waals surface area contributed by atoms with Gasteiger partial charge in [0.25, 0.3) is 0 Å². The molecule has 4 heterocycles. The zero-order valence-corrected chi connectivity index (χ0v) is 19.8. The lowest BCUT2D eigenvalue weighted by Gasteiger charge is -2.41. The van der Waals surface area contributed by atoms with Gasteiger partial charge in [-0.25, -0.2) is 19.7 Å². The van der Waals surface area contributed by atoms with Gasteiger partial charge in [-0.2, -0.15) is 13.2 Å². The van der Waals surface area contributed by atoms with Gasteiger partial charge in [0, 0.05) is 51.7 Å². The third-order valence-corrected chi connectivity index (χ3v) is 6.00. The molecule has 0 radical (unpaired) electrons. The maximum Gasteiger partial charge on any atom is 0.405 e. The van der Waals surface area contributed by atoms with E-state index in [0.717, 1.165) is 5.56 Å². The number of amides is 3. The first kappa shape index (κ1) is 24.8. The average molecular weight is 513 g/mol. The third kappa shape index (κ3) is 5.50. The number of hydrogen-bond donors (Lipinski definition) is 2. The second-order valence-corrected chi connectivity index (χ2v) is 8.90. The van der Waals surface area contributed by atoms with Crippen molar-refractivity contribution in [2.45, 2.75) is 18.1 Å². The lowest BCUT2D eigenvalue weighted by molar-refractivity contribution is -0.139. The van der Waals surface area contributed by atoms with Crippen LogP contribution in [0.1, 0.15) is 17.3 Å². The fraction of sp³-hybridized carbons (Fsp3) is 0.476. The van der Waals surface area contributed by atoms with Crippen molar-refractivity contribution in [2.75, 3.05) is 57.0 Å². The average Bonchev–Trinajstić information content (AvgIpc) is 3.24. The summed E-state index contributed by atoms with van der Waals surface area (Å²) in [5, 5.41) is 5.58. The molecule has 2 aromatic heterocycles. The lowest BCUT2D eigenvalue weighted by Crippen LogP contribution is -2.62. The largest absolute Gasteiger partial charge is 0.405 e. The number of nitrogens with one attached hydrogen (secondary N) is 2. The number of nitrogens with zero attached hydrogens (tertiary/aromatic N) is 6. The Labute approximate surface area is 204 Å². The van der Waals surface area contributed by atoms with Crippen molar-refractivity contribution < 1.29 is 22.8 Å². The molecular formula is C21H24ClF3N8O2. The minimum Gasteiger partial charge on any atom is -0.369 e. The molecular weight excluding hydrogens is 489 g/mol. The predicted molar refractivity (Wildman–Crippen MR) is 122 cm³/mol. The Bertz CT molecular complexity index is 1120. The first-order chi connectivity index (χ1) is 16.5. The van der Waals surface area contributed by atoms with Crippen molar-refractivity contribution in [1.82, 2.24) is 30.1 Å². The second-order valence-electron chi connectivity index (χ2n) is 8.46. The van der Waals surface area contributed by atoms with Crippen molar-refractivity contribution in [1.29, 1.82) is 0 Å². The van der Waals surface area contributed by atoms with Gasteiger partial charge in [0.2, 0.25) is 5.91 Å². The van der Waals surface area contributed by atoms with Crippen molar-refractivity contribution in [2.24, 2.45) is 0 Å². The first-order valence-electron chi connectivity index (χ1n) is 10.8.